The molecule has 0 radical (unpaired) electrons. The number of hydrogen-bond acceptors (Lipinski definition) is 6. The van der Waals surface area contributed by atoms with Gasteiger partial charge >= 0.3 is 0 Å². The van der Waals surface area contributed by atoms with E-state index in [1.165, 1.54) is 360 Å². The third kappa shape index (κ3) is 69.0. The highest BCUT2D eigenvalue weighted by Gasteiger charge is 2.24. The van der Waals surface area contributed by atoms with Gasteiger partial charge in [0.15, 0.2) is 0 Å². The van der Waals surface area contributed by atoms with Gasteiger partial charge in [-0.15, -0.1) is 0 Å². The second kappa shape index (κ2) is 66.9. The molecule has 0 fully saturated rings. The number of aliphatic hydroxyl groups is 1. The largest absolute Gasteiger partial charge is 0.756 e. The molecule has 3 unspecified atom stereocenters. The quantitative estimate of drug-likeness (QED) is 0.0357. The molecule has 0 aromatic heterocycles. The third-order valence-electron chi connectivity index (χ3n) is 18.3. The minimum atomic E-state index is -4.58. The molecule has 0 aliphatic rings. The number of quaternary nitrogens is 1. The Hall–Kier alpha value is -0.500. The van der Waals surface area contributed by atoms with Gasteiger partial charge in [0.05, 0.1) is 39.9 Å². The molecule has 84 heavy (non-hydrogen) atoms. The summed E-state index contributed by atoms with van der Waals surface area (Å²) in [6.07, 6.45) is 85.1. The zero-order valence-corrected chi connectivity index (χ0v) is 58.8. The van der Waals surface area contributed by atoms with Crippen molar-refractivity contribution < 1.29 is 32.9 Å². The summed E-state index contributed by atoms with van der Waals surface area (Å²) in [4.78, 5) is 25.7. The number of carbonyl (C=O) groups excluding carboxylic acids is 1. The minimum Gasteiger partial charge on any atom is -0.756 e. The molecular formula is C75H153N2O6P. The molecule has 0 rings (SSSR count). The molecule has 3 atom stereocenters. The van der Waals surface area contributed by atoms with E-state index in [2.05, 4.69) is 19.2 Å². The molecule has 8 nitrogen and oxygen atoms in total. The highest BCUT2D eigenvalue weighted by molar-refractivity contribution is 7.45. The standard InChI is InChI=1S/C75H153N2O6P/c1-6-8-10-12-14-16-18-20-22-24-26-28-30-32-33-34-35-36-37-38-39-40-41-42-43-44-45-47-49-51-53-55-57-59-61-63-65-67-69-75(79)76-73(72-83-84(80,81)82-71-70-77(3,4)5)74(78)68-66-64-62-60-58-56-54-52-50-48-46-31-29-27-25-23-21-19-17-15-13-11-9-7-2/h73-74,78H,6-72H2,1-5H3,(H-,76,79,80,81). The SMILES string of the molecule is CCCCCCCCCCCCCCCCCCCCCCCCCCCCCCCCCCCCCCCCC(=O)NC(COP(=O)([O-])OCC[N+](C)(C)C)C(O)CCCCCCCCCCCCCCCCCCCCCCCCCC. The summed E-state index contributed by atoms with van der Waals surface area (Å²) >= 11 is 0. The van der Waals surface area contributed by atoms with Crippen molar-refractivity contribution in [1.82, 2.24) is 5.32 Å². The van der Waals surface area contributed by atoms with Crippen molar-refractivity contribution in [1.29, 1.82) is 0 Å². The van der Waals surface area contributed by atoms with Crippen LogP contribution in [0.1, 0.15) is 425 Å². The summed E-state index contributed by atoms with van der Waals surface area (Å²) in [5.41, 5.74) is 0. The molecule has 504 valence electrons. The monoisotopic (exact) mass is 1210 g/mol. The number of amides is 1. The third-order valence-corrected chi connectivity index (χ3v) is 19.3. The summed E-state index contributed by atoms with van der Waals surface area (Å²) < 4.78 is 23.6. The number of unbranched alkanes of at least 4 members (excludes halogenated alkanes) is 60. The lowest BCUT2D eigenvalue weighted by Gasteiger charge is -2.30. The van der Waals surface area contributed by atoms with Crippen molar-refractivity contribution in [3.8, 4) is 0 Å². The van der Waals surface area contributed by atoms with Gasteiger partial charge in [-0.1, -0.05) is 406 Å². The van der Waals surface area contributed by atoms with Gasteiger partial charge in [-0.2, -0.15) is 0 Å². The lowest BCUT2D eigenvalue weighted by Crippen LogP contribution is -2.46. The fourth-order valence-electron chi connectivity index (χ4n) is 12.4. The smallest absolute Gasteiger partial charge is 0.268 e. The van der Waals surface area contributed by atoms with Gasteiger partial charge in [-0.25, -0.2) is 0 Å². The van der Waals surface area contributed by atoms with Crippen LogP contribution in [0.15, 0.2) is 0 Å². The molecule has 0 bridgehead atoms. The van der Waals surface area contributed by atoms with Crippen LogP contribution in [0.2, 0.25) is 0 Å². The first kappa shape index (κ1) is 83.5. The van der Waals surface area contributed by atoms with Crippen LogP contribution in [0.4, 0.5) is 0 Å². The van der Waals surface area contributed by atoms with Crippen LogP contribution in [-0.4, -0.2) is 68.5 Å². The van der Waals surface area contributed by atoms with E-state index in [-0.39, 0.29) is 19.1 Å². The lowest BCUT2D eigenvalue weighted by atomic mass is 10.0. The molecule has 0 heterocycles. The molecular weight excluding hydrogens is 1060 g/mol. The van der Waals surface area contributed by atoms with Gasteiger partial charge in [0.25, 0.3) is 7.82 Å². The van der Waals surface area contributed by atoms with Crippen LogP contribution in [0.3, 0.4) is 0 Å². The Morgan fingerprint density at radius 3 is 0.810 bits per heavy atom. The molecule has 0 aromatic rings. The number of nitrogens with zero attached hydrogens (tertiary/aromatic N) is 1. The number of likely N-dealkylation sites (N-methyl/N-ethyl adjacent to an activating group) is 1. The predicted molar refractivity (Wildman–Crippen MR) is 367 cm³/mol. The van der Waals surface area contributed by atoms with E-state index in [0.717, 1.165) is 38.5 Å². The number of aliphatic hydroxyl groups excluding tert-OH is 1. The fraction of sp³-hybridized carbons (Fsp3) is 0.987. The van der Waals surface area contributed by atoms with E-state index >= 15 is 0 Å². The van der Waals surface area contributed by atoms with Crippen molar-refractivity contribution in [2.24, 2.45) is 0 Å². The molecule has 2 N–H and O–H groups in total. The number of hydrogen-bond donors (Lipinski definition) is 2. The first-order chi connectivity index (χ1) is 41.0. The number of nitrogens with one attached hydrogen (secondary N) is 1. The van der Waals surface area contributed by atoms with E-state index < -0.39 is 20.0 Å². The normalized spacial score (nSPS) is 13.5. The Morgan fingerprint density at radius 1 is 0.369 bits per heavy atom. The first-order valence-corrected chi connectivity index (χ1v) is 39.8. The van der Waals surface area contributed by atoms with Gasteiger partial charge in [0, 0.05) is 6.42 Å². The second-order valence-electron chi connectivity index (χ2n) is 28.1. The summed E-state index contributed by atoms with van der Waals surface area (Å²) in [6.45, 7) is 4.81. The van der Waals surface area contributed by atoms with E-state index in [0.29, 0.717) is 23.9 Å². The minimum absolute atomic E-state index is 0.0170. The van der Waals surface area contributed by atoms with E-state index in [1.54, 1.807) is 0 Å². The maximum atomic E-state index is 13.1. The molecule has 9 heteroatoms. The van der Waals surface area contributed by atoms with E-state index in [4.69, 9.17) is 9.05 Å². The van der Waals surface area contributed by atoms with Crippen LogP contribution in [0.25, 0.3) is 0 Å². The average molecular weight is 1210 g/mol. The van der Waals surface area contributed by atoms with Crippen LogP contribution < -0.4 is 10.2 Å². The Balaban J connectivity index is 3.87. The average Bonchev–Trinajstić information content (AvgIpc) is 3.56. The van der Waals surface area contributed by atoms with Crippen LogP contribution in [0, 0.1) is 0 Å². The number of carbonyl (C=O) groups is 1. The van der Waals surface area contributed by atoms with Crippen LogP contribution >= 0.6 is 7.82 Å². The van der Waals surface area contributed by atoms with Gasteiger partial charge in [0.2, 0.25) is 5.91 Å². The highest BCUT2D eigenvalue weighted by atomic mass is 31.2. The van der Waals surface area contributed by atoms with Crippen molar-refractivity contribution in [2.75, 3.05) is 40.9 Å². The van der Waals surface area contributed by atoms with Crippen molar-refractivity contribution in [2.45, 2.75) is 437 Å². The van der Waals surface area contributed by atoms with E-state index in [9.17, 15) is 19.4 Å². The lowest BCUT2D eigenvalue weighted by molar-refractivity contribution is -0.870. The van der Waals surface area contributed by atoms with Crippen molar-refractivity contribution >= 4 is 13.7 Å². The first-order valence-electron chi connectivity index (χ1n) is 38.4. The van der Waals surface area contributed by atoms with Crippen LogP contribution in [0.5, 0.6) is 0 Å². The molecule has 0 saturated carbocycles. The Labute approximate surface area is 527 Å². The number of phosphoric acid groups is 1. The van der Waals surface area contributed by atoms with Crippen LogP contribution in [-0.2, 0) is 18.4 Å². The fourth-order valence-corrected chi connectivity index (χ4v) is 13.1. The summed E-state index contributed by atoms with van der Waals surface area (Å²) in [6, 6.07) is -0.797. The summed E-state index contributed by atoms with van der Waals surface area (Å²) in [5, 5.41) is 14.1. The number of phosphoric ester groups is 1. The zero-order valence-electron chi connectivity index (χ0n) is 57.9. The molecule has 0 aliphatic carbocycles. The van der Waals surface area contributed by atoms with Gasteiger partial charge in [0.1, 0.15) is 13.2 Å². The highest BCUT2D eigenvalue weighted by Crippen LogP contribution is 2.38. The Bertz CT molecular complexity index is 1330. The second-order valence-corrected chi connectivity index (χ2v) is 29.5. The molecule has 0 saturated heterocycles. The van der Waals surface area contributed by atoms with Crippen molar-refractivity contribution in [3.63, 3.8) is 0 Å². The van der Waals surface area contributed by atoms with E-state index in [1.807, 2.05) is 21.1 Å². The Morgan fingerprint density at radius 2 is 0.583 bits per heavy atom. The molecule has 0 aliphatic heterocycles. The predicted octanol–water partition coefficient (Wildman–Crippen LogP) is 24.0. The van der Waals surface area contributed by atoms with Gasteiger partial charge in [-0.3, -0.25) is 9.36 Å². The molecule has 0 aromatic carbocycles. The Kier molecular flexibility index (Phi) is 66.5. The van der Waals surface area contributed by atoms with Crippen molar-refractivity contribution in [3.05, 3.63) is 0 Å². The topological polar surface area (TPSA) is 108 Å². The zero-order chi connectivity index (χ0) is 61.2. The number of rotatable bonds is 73. The summed E-state index contributed by atoms with van der Waals surface area (Å²) in [5.74, 6) is -0.152. The molecule has 1 amide bonds. The summed E-state index contributed by atoms with van der Waals surface area (Å²) in [7, 11) is 1.33. The van der Waals surface area contributed by atoms with Gasteiger partial charge < -0.3 is 28.8 Å². The molecule has 0 spiro atoms. The maximum absolute atomic E-state index is 13.1. The maximum Gasteiger partial charge on any atom is 0.268 e. The van der Waals surface area contributed by atoms with Gasteiger partial charge in [-0.05, 0) is 12.8 Å².